The Bertz CT molecular complexity index is 2140. The van der Waals surface area contributed by atoms with Crippen molar-refractivity contribution in [2.24, 2.45) is 16.7 Å². The topological polar surface area (TPSA) is 255 Å². The van der Waals surface area contributed by atoms with Gasteiger partial charge in [-0.15, -0.1) is 15.2 Å². The number of nitrogens with zero attached hydrogens (tertiary/aromatic N) is 5. The zero-order valence-corrected chi connectivity index (χ0v) is 32.6. The number of esters is 1. The lowest BCUT2D eigenvalue weighted by atomic mass is 9.98. The normalized spacial score (nSPS) is 11.9. The van der Waals surface area contributed by atoms with E-state index < -0.39 is 42.8 Å². The molecular weight excluding hydrogens is 758 g/mol. The van der Waals surface area contributed by atoms with E-state index in [2.05, 4.69) is 14.9 Å². The van der Waals surface area contributed by atoms with Crippen molar-refractivity contribution in [2.75, 3.05) is 20.4 Å². The number of amidine groups is 1. The van der Waals surface area contributed by atoms with E-state index in [9.17, 15) is 29.6 Å². The lowest BCUT2D eigenvalue weighted by Crippen LogP contribution is -2.33. The number of hydrogen-bond acceptors (Lipinski definition) is 16. The monoisotopic (exact) mass is 803 g/mol. The molecule has 0 aliphatic rings. The Morgan fingerprint density at radius 1 is 1.07 bits per heavy atom. The number of benzene rings is 3. The fourth-order valence-corrected chi connectivity index (χ4v) is 5.54. The van der Waals surface area contributed by atoms with Crippen LogP contribution in [0.4, 0.5) is 4.79 Å². The summed E-state index contributed by atoms with van der Waals surface area (Å²) in [6.07, 6.45) is 0.0586. The van der Waals surface area contributed by atoms with Gasteiger partial charge in [0, 0.05) is 24.1 Å². The second-order valence-corrected chi connectivity index (χ2v) is 13.0. The minimum absolute atomic E-state index is 0.00315. The van der Waals surface area contributed by atoms with Crippen LogP contribution in [-0.4, -0.2) is 69.7 Å². The smallest absolute Gasteiger partial charge is 0.498 e. The molecule has 3 aromatic carbocycles. The van der Waals surface area contributed by atoms with Gasteiger partial charge < -0.3 is 43.9 Å². The quantitative estimate of drug-likeness (QED) is 0.00938. The van der Waals surface area contributed by atoms with Gasteiger partial charge in [0.2, 0.25) is 0 Å². The molecule has 0 aliphatic heterocycles. The molecule has 58 heavy (non-hydrogen) atoms. The van der Waals surface area contributed by atoms with Gasteiger partial charge in [-0.1, -0.05) is 73.7 Å². The van der Waals surface area contributed by atoms with Gasteiger partial charge in [0.1, 0.15) is 35.2 Å². The highest BCUT2D eigenvalue weighted by Crippen LogP contribution is 2.29. The molecule has 19 nitrogen and oxygen atoms in total. The number of allylic oxidation sites excluding steroid dienone is 1. The summed E-state index contributed by atoms with van der Waals surface area (Å²) in [5.74, 6) is 5.99. The van der Waals surface area contributed by atoms with Crippen LogP contribution in [0, 0.1) is 10.1 Å². The van der Waals surface area contributed by atoms with Crippen molar-refractivity contribution >= 4 is 24.4 Å². The van der Waals surface area contributed by atoms with Gasteiger partial charge in [-0.05, 0) is 49.9 Å². The second-order valence-electron chi connectivity index (χ2n) is 13.0. The molecule has 0 amide bonds. The number of imidazole rings is 1. The van der Waals surface area contributed by atoms with Crippen LogP contribution in [0.25, 0.3) is 11.1 Å². The second kappa shape index (κ2) is 20.3. The number of hydrazine groups is 1. The zero-order valence-electron chi connectivity index (χ0n) is 32.6. The summed E-state index contributed by atoms with van der Waals surface area (Å²) in [5, 5.41) is 25.6. The molecule has 5 N–H and O–H groups in total. The Balaban J connectivity index is 1.53. The van der Waals surface area contributed by atoms with Crippen molar-refractivity contribution in [1.29, 1.82) is 0 Å². The minimum Gasteiger partial charge on any atom is -0.498 e. The maximum Gasteiger partial charge on any atom is 0.515 e. The van der Waals surface area contributed by atoms with Gasteiger partial charge in [0.05, 0.1) is 7.11 Å². The van der Waals surface area contributed by atoms with Crippen molar-refractivity contribution in [3.8, 4) is 16.9 Å². The number of ether oxygens (including phenoxy) is 5. The number of para-hydroxylation sites is 1. The Labute approximate surface area is 333 Å². The minimum atomic E-state index is -1.50. The number of aromatic nitrogens is 2. The first kappa shape index (κ1) is 43.7. The first-order valence-electron chi connectivity index (χ1n) is 17.7. The van der Waals surface area contributed by atoms with Crippen LogP contribution in [0.3, 0.4) is 0 Å². The Hall–Kier alpha value is -6.99. The van der Waals surface area contributed by atoms with E-state index in [1.54, 1.807) is 35.8 Å². The number of aliphatic hydroxyl groups is 1. The molecule has 4 rings (SSSR count). The molecule has 0 unspecified atom stereocenters. The SMILES string of the molecule is CCCc1nc(C(C)(C)O)c(C(=O)OC/C(OC=O)=C(\C)OC)n1Cc1ccc(-c2ccccc2/C(N)=N/N(N)COC(=O)Oc2ccccc2CO[N+](=O)[O-])cc1. The average Bonchev–Trinajstić information content (AvgIpc) is 3.56. The first-order valence-corrected chi connectivity index (χ1v) is 17.7. The molecular formula is C39H45N7O12. The van der Waals surface area contributed by atoms with Gasteiger partial charge in [-0.3, -0.25) is 4.79 Å². The number of nitrogens with two attached hydrogens (primary N) is 2. The predicted molar refractivity (Wildman–Crippen MR) is 207 cm³/mol. The maximum atomic E-state index is 13.7. The van der Waals surface area contributed by atoms with Gasteiger partial charge in [-0.25, -0.2) is 20.4 Å². The molecule has 0 bridgehead atoms. The van der Waals surface area contributed by atoms with Crippen LogP contribution in [0.2, 0.25) is 0 Å². The van der Waals surface area contributed by atoms with Crippen molar-refractivity contribution in [3.05, 3.63) is 128 Å². The highest BCUT2D eigenvalue weighted by atomic mass is 16.9. The third kappa shape index (κ3) is 11.8. The standard InChI is InChI=1S/C39H45N7O12/c1-6-11-33-42-35(39(3,4)50)34(37(48)54-22-32(56-24-47)25(2)53-5)44(33)20-26-16-18-27(19-17-26)29-13-8-9-14-30(29)36(40)43-45(41)23-55-38(49)58-31-15-10-7-12-28(31)21-57-46(51)52/h7-10,12-19,24,50H,6,11,20-23,41H2,1-5H3,(H2,40,43)/b32-25-. The average molecular weight is 804 g/mol. The fraction of sp³-hybridized carbons (Fsp3) is 0.308. The summed E-state index contributed by atoms with van der Waals surface area (Å²) in [5.41, 5.74) is 8.05. The molecule has 0 atom stereocenters. The van der Waals surface area contributed by atoms with Crippen LogP contribution < -0.4 is 16.3 Å². The molecule has 0 radical (unpaired) electrons. The molecule has 1 heterocycles. The van der Waals surface area contributed by atoms with E-state index in [4.69, 9.17) is 35.3 Å². The van der Waals surface area contributed by atoms with E-state index in [1.165, 1.54) is 33.1 Å². The highest BCUT2D eigenvalue weighted by Gasteiger charge is 2.33. The molecule has 0 spiro atoms. The third-order valence-corrected chi connectivity index (χ3v) is 8.37. The zero-order chi connectivity index (χ0) is 42.4. The summed E-state index contributed by atoms with van der Waals surface area (Å²) in [6.45, 7) is 5.58. The van der Waals surface area contributed by atoms with Crippen LogP contribution in [-0.2, 0) is 53.8 Å². The van der Waals surface area contributed by atoms with Crippen LogP contribution in [0.15, 0.2) is 89.4 Å². The van der Waals surface area contributed by atoms with Crippen LogP contribution in [0.1, 0.15) is 72.8 Å². The molecule has 0 fully saturated rings. The number of hydrazone groups is 1. The summed E-state index contributed by atoms with van der Waals surface area (Å²) in [4.78, 5) is 56.7. The summed E-state index contributed by atoms with van der Waals surface area (Å²) in [6, 6.07) is 20.7. The lowest BCUT2D eigenvalue weighted by Gasteiger charge is -2.18. The number of hydrogen-bond donors (Lipinski definition) is 3. The van der Waals surface area contributed by atoms with Crippen LogP contribution >= 0.6 is 0 Å². The maximum absolute atomic E-state index is 13.7. The van der Waals surface area contributed by atoms with E-state index in [0.29, 0.717) is 29.8 Å². The Kier molecular flexibility index (Phi) is 15.3. The van der Waals surface area contributed by atoms with E-state index >= 15 is 0 Å². The molecule has 0 saturated carbocycles. The molecule has 19 heteroatoms. The van der Waals surface area contributed by atoms with E-state index in [0.717, 1.165) is 16.2 Å². The number of carbonyl (C=O) groups excluding carboxylic acids is 3. The largest absolute Gasteiger partial charge is 0.515 e. The van der Waals surface area contributed by atoms with Gasteiger partial charge >= 0.3 is 12.1 Å². The first-order chi connectivity index (χ1) is 27.7. The van der Waals surface area contributed by atoms with Gasteiger partial charge in [0.25, 0.3) is 11.6 Å². The van der Waals surface area contributed by atoms with Crippen molar-refractivity contribution in [2.45, 2.75) is 59.3 Å². The molecule has 0 saturated heterocycles. The number of methoxy groups -OCH3 is 1. The summed E-state index contributed by atoms with van der Waals surface area (Å²) in [7, 11) is 1.39. The van der Waals surface area contributed by atoms with Crippen molar-refractivity contribution in [3.63, 3.8) is 0 Å². The summed E-state index contributed by atoms with van der Waals surface area (Å²) >= 11 is 0. The van der Waals surface area contributed by atoms with E-state index in [-0.39, 0.29) is 53.1 Å². The summed E-state index contributed by atoms with van der Waals surface area (Å²) < 4.78 is 27.5. The predicted octanol–water partition coefficient (Wildman–Crippen LogP) is 4.66. The number of aryl methyl sites for hydroxylation is 1. The number of carbonyl (C=O) groups is 3. The fourth-order valence-electron chi connectivity index (χ4n) is 5.54. The number of rotatable bonds is 20. The molecule has 308 valence electrons. The van der Waals surface area contributed by atoms with Crippen molar-refractivity contribution in [1.82, 2.24) is 14.7 Å². The Morgan fingerprint density at radius 3 is 2.41 bits per heavy atom. The third-order valence-electron chi connectivity index (χ3n) is 8.37. The van der Waals surface area contributed by atoms with Crippen LogP contribution in [0.5, 0.6) is 5.75 Å². The molecule has 4 aromatic rings. The van der Waals surface area contributed by atoms with Crippen molar-refractivity contribution < 1.29 is 53.1 Å². The van der Waals surface area contributed by atoms with E-state index in [1.807, 2.05) is 43.3 Å². The Morgan fingerprint density at radius 2 is 1.76 bits per heavy atom. The highest BCUT2D eigenvalue weighted by molar-refractivity contribution is 6.03. The lowest BCUT2D eigenvalue weighted by molar-refractivity contribution is -0.763. The molecule has 1 aromatic heterocycles. The van der Waals surface area contributed by atoms with Gasteiger partial charge in [-0.2, -0.15) is 5.12 Å². The van der Waals surface area contributed by atoms with Gasteiger partial charge in [0.15, 0.2) is 30.6 Å². The molecule has 0 aliphatic carbocycles.